The van der Waals surface area contributed by atoms with Gasteiger partial charge in [0.05, 0.1) is 22.6 Å². The highest BCUT2D eigenvalue weighted by Crippen LogP contribution is 2.32. The van der Waals surface area contributed by atoms with Gasteiger partial charge in [0.2, 0.25) is 0 Å². The fourth-order valence-electron chi connectivity index (χ4n) is 3.07. The van der Waals surface area contributed by atoms with Crippen molar-refractivity contribution >= 4 is 5.97 Å². The number of rotatable bonds is 4. The molecule has 2 aromatic heterocycles. The summed E-state index contributed by atoms with van der Waals surface area (Å²) < 4.78 is 13.4. The molecule has 0 saturated heterocycles. The van der Waals surface area contributed by atoms with Crippen LogP contribution in [0, 0.1) is 12.7 Å². The Morgan fingerprint density at radius 1 is 1.04 bits per heavy atom. The number of aryl methyl sites for hydroxylation is 1. The largest absolute Gasteiger partial charge is 0.478 e. The van der Waals surface area contributed by atoms with Gasteiger partial charge >= 0.3 is 5.97 Å². The number of hydrogen-bond acceptors (Lipinski definition) is 3. The maximum atomic E-state index is 13.4. The van der Waals surface area contributed by atoms with Gasteiger partial charge in [-0.1, -0.05) is 12.1 Å². The van der Waals surface area contributed by atoms with E-state index in [4.69, 9.17) is 4.98 Å². The lowest BCUT2D eigenvalue weighted by molar-refractivity contribution is 0.0696. The highest BCUT2D eigenvalue weighted by molar-refractivity contribution is 5.90. The zero-order chi connectivity index (χ0) is 19.7. The number of benzene rings is 2. The molecule has 6 heteroatoms. The van der Waals surface area contributed by atoms with Gasteiger partial charge in [0.15, 0.2) is 0 Å². The van der Waals surface area contributed by atoms with Crippen molar-refractivity contribution in [3.8, 4) is 34.0 Å². The number of imidazole rings is 1. The van der Waals surface area contributed by atoms with Crippen molar-refractivity contribution in [2.24, 2.45) is 0 Å². The van der Waals surface area contributed by atoms with E-state index < -0.39 is 5.97 Å². The number of H-pyrrole nitrogens is 1. The third-order valence-corrected chi connectivity index (χ3v) is 4.47. The summed E-state index contributed by atoms with van der Waals surface area (Å²) in [5, 5.41) is 9.23. The van der Waals surface area contributed by atoms with E-state index in [9.17, 15) is 14.3 Å². The quantitative estimate of drug-likeness (QED) is 0.530. The van der Waals surface area contributed by atoms with Gasteiger partial charge in [0.1, 0.15) is 11.6 Å². The molecule has 0 fully saturated rings. The van der Waals surface area contributed by atoms with Crippen LogP contribution >= 0.6 is 0 Å². The number of pyridine rings is 1. The van der Waals surface area contributed by atoms with E-state index in [1.807, 2.05) is 18.2 Å². The van der Waals surface area contributed by atoms with Crippen LogP contribution in [0.4, 0.5) is 4.39 Å². The standard InChI is InChI=1S/C22H16FN3O2/c1-13-12-15(7-10-17(13)22(27)28)21-25-19(14-5-8-16(23)9-6-14)20(26-21)18-4-2-3-11-24-18/h2-12H,1H3,(H,25,26)(H,27,28). The molecule has 4 rings (SSSR count). The summed E-state index contributed by atoms with van der Waals surface area (Å²) in [6, 6.07) is 16.7. The van der Waals surface area contributed by atoms with Crippen LogP contribution in [0.1, 0.15) is 15.9 Å². The molecule has 0 aliphatic rings. The number of halogens is 1. The third kappa shape index (κ3) is 3.27. The summed E-state index contributed by atoms with van der Waals surface area (Å²) in [6.07, 6.45) is 1.69. The van der Waals surface area contributed by atoms with Gasteiger partial charge in [-0.15, -0.1) is 0 Å². The first-order valence-corrected chi connectivity index (χ1v) is 8.64. The van der Waals surface area contributed by atoms with Crippen LogP contribution in [0.25, 0.3) is 34.0 Å². The van der Waals surface area contributed by atoms with Crippen molar-refractivity contribution in [1.82, 2.24) is 15.0 Å². The number of aromatic nitrogens is 3. The van der Waals surface area contributed by atoms with E-state index in [-0.39, 0.29) is 11.4 Å². The molecule has 2 heterocycles. The molecule has 0 unspecified atom stereocenters. The lowest BCUT2D eigenvalue weighted by Crippen LogP contribution is -1.99. The van der Waals surface area contributed by atoms with Gasteiger partial charge in [-0.05, 0) is 61.0 Å². The monoisotopic (exact) mass is 373 g/mol. The van der Waals surface area contributed by atoms with E-state index in [1.165, 1.54) is 12.1 Å². The molecule has 0 spiro atoms. The van der Waals surface area contributed by atoms with Gasteiger partial charge in [-0.2, -0.15) is 0 Å². The van der Waals surface area contributed by atoms with Crippen LogP contribution in [0.3, 0.4) is 0 Å². The predicted molar refractivity (Wildman–Crippen MR) is 104 cm³/mol. The Morgan fingerprint density at radius 2 is 1.79 bits per heavy atom. The molecule has 0 amide bonds. The van der Waals surface area contributed by atoms with Gasteiger partial charge in [0.25, 0.3) is 0 Å². The van der Waals surface area contributed by atoms with E-state index >= 15 is 0 Å². The first kappa shape index (κ1) is 17.6. The van der Waals surface area contributed by atoms with E-state index in [2.05, 4.69) is 9.97 Å². The fourth-order valence-corrected chi connectivity index (χ4v) is 3.07. The molecular formula is C22H16FN3O2. The average Bonchev–Trinajstić information content (AvgIpc) is 3.14. The predicted octanol–water partition coefficient (Wildman–Crippen LogP) is 4.95. The molecule has 2 aromatic carbocycles. The molecule has 138 valence electrons. The van der Waals surface area contributed by atoms with Crippen LogP contribution in [-0.2, 0) is 0 Å². The zero-order valence-corrected chi connectivity index (χ0v) is 15.0. The van der Waals surface area contributed by atoms with Crippen molar-refractivity contribution < 1.29 is 14.3 Å². The van der Waals surface area contributed by atoms with Crippen molar-refractivity contribution in [3.63, 3.8) is 0 Å². The van der Waals surface area contributed by atoms with E-state index in [0.717, 1.165) is 11.1 Å². The summed E-state index contributed by atoms with van der Waals surface area (Å²) in [5.74, 6) is -0.705. The van der Waals surface area contributed by atoms with Gasteiger partial charge < -0.3 is 10.1 Å². The first-order valence-electron chi connectivity index (χ1n) is 8.64. The number of aromatic amines is 1. The molecule has 0 saturated carbocycles. The minimum atomic E-state index is -0.968. The maximum Gasteiger partial charge on any atom is 0.335 e. The molecule has 0 aliphatic carbocycles. The van der Waals surface area contributed by atoms with Crippen molar-refractivity contribution in [1.29, 1.82) is 0 Å². The first-order chi connectivity index (χ1) is 13.5. The second kappa shape index (κ2) is 7.08. The average molecular weight is 373 g/mol. The fraction of sp³-hybridized carbons (Fsp3) is 0.0455. The lowest BCUT2D eigenvalue weighted by Gasteiger charge is -2.03. The summed E-state index contributed by atoms with van der Waals surface area (Å²) in [6.45, 7) is 1.75. The molecule has 4 aromatic rings. The van der Waals surface area contributed by atoms with Crippen LogP contribution in [-0.4, -0.2) is 26.0 Å². The Kier molecular flexibility index (Phi) is 4.45. The Balaban J connectivity index is 1.87. The molecule has 5 nitrogen and oxygen atoms in total. The van der Waals surface area contributed by atoms with Crippen LogP contribution in [0.2, 0.25) is 0 Å². The highest BCUT2D eigenvalue weighted by Gasteiger charge is 2.17. The highest BCUT2D eigenvalue weighted by atomic mass is 19.1. The van der Waals surface area contributed by atoms with Gasteiger partial charge in [-0.3, -0.25) is 4.98 Å². The van der Waals surface area contributed by atoms with Crippen LogP contribution in [0.5, 0.6) is 0 Å². The minimum absolute atomic E-state index is 0.249. The molecule has 28 heavy (non-hydrogen) atoms. The molecule has 0 aliphatic heterocycles. The molecular weight excluding hydrogens is 357 g/mol. The van der Waals surface area contributed by atoms with E-state index in [0.29, 0.717) is 28.5 Å². The Bertz CT molecular complexity index is 1150. The van der Waals surface area contributed by atoms with Crippen molar-refractivity contribution in [2.75, 3.05) is 0 Å². The number of carboxylic acids is 1. The second-order valence-corrected chi connectivity index (χ2v) is 6.37. The number of carboxylic acid groups (broad SMARTS) is 1. The van der Waals surface area contributed by atoms with Crippen LogP contribution < -0.4 is 0 Å². The summed E-state index contributed by atoms with van der Waals surface area (Å²) in [7, 11) is 0. The SMILES string of the molecule is Cc1cc(-c2nc(-c3ccc(F)cc3)c(-c3ccccn3)[nH]2)ccc1C(=O)O. The number of aromatic carboxylic acids is 1. The molecule has 0 bridgehead atoms. The number of nitrogens with zero attached hydrogens (tertiary/aromatic N) is 2. The lowest BCUT2D eigenvalue weighted by atomic mass is 10.0. The molecule has 0 atom stereocenters. The second-order valence-electron chi connectivity index (χ2n) is 6.37. The van der Waals surface area contributed by atoms with Crippen LogP contribution in [0.15, 0.2) is 66.9 Å². The normalized spacial score (nSPS) is 10.8. The topological polar surface area (TPSA) is 78.9 Å². The minimum Gasteiger partial charge on any atom is -0.478 e. The van der Waals surface area contributed by atoms with Gasteiger partial charge in [-0.25, -0.2) is 14.2 Å². The number of nitrogens with one attached hydrogen (secondary N) is 1. The van der Waals surface area contributed by atoms with Crippen molar-refractivity contribution in [3.05, 3.63) is 83.8 Å². The number of hydrogen-bond donors (Lipinski definition) is 2. The van der Waals surface area contributed by atoms with Crippen molar-refractivity contribution in [2.45, 2.75) is 6.92 Å². The maximum absolute atomic E-state index is 13.4. The Labute approximate surface area is 160 Å². The summed E-state index contributed by atoms with van der Waals surface area (Å²) >= 11 is 0. The summed E-state index contributed by atoms with van der Waals surface area (Å²) in [5.41, 5.74) is 4.47. The molecule has 2 N–H and O–H groups in total. The summed E-state index contributed by atoms with van der Waals surface area (Å²) in [4.78, 5) is 23.7. The van der Waals surface area contributed by atoms with E-state index in [1.54, 1.807) is 43.5 Å². The Morgan fingerprint density at radius 3 is 2.43 bits per heavy atom. The smallest absolute Gasteiger partial charge is 0.335 e. The molecule has 0 radical (unpaired) electrons. The zero-order valence-electron chi connectivity index (χ0n) is 15.0. The van der Waals surface area contributed by atoms with Gasteiger partial charge in [0, 0.05) is 17.3 Å². The Hall–Kier alpha value is -3.80. The third-order valence-electron chi connectivity index (χ3n) is 4.47. The number of carbonyl (C=O) groups is 1.